The molecule has 3 fully saturated rings. The summed E-state index contributed by atoms with van der Waals surface area (Å²) >= 11 is 0. The van der Waals surface area contributed by atoms with Gasteiger partial charge in [-0.05, 0) is 30.7 Å². The van der Waals surface area contributed by atoms with Gasteiger partial charge in [0.25, 0.3) is 0 Å². The second-order valence-electron chi connectivity index (χ2n) is 7.35. The van der Waals surface area contributed by atoms with Crippen molar-refractivity contribution in [3.8, 4) is 0 Å². The first-order valence-corrected chi connectivity index (χ1v) is 9.22. The number of hydrogen-bond donors (Lipinski definition) is 1. The normalized spacial score (nSPS) is 28.1. The summed E-state index contributed by atoms with van der Waals surface area (Å²) in [5, 5.41) is 3.23. The molecule has 2 heterocycles. The number of likely N-dealkylation sites (tertiary alicyclic amines) is 1. The second-order valence-corrected chi connectivity index (χ2v) is 7.35. The monoisotopic (exact) mass is 329 g/mol. The molecule has 5 heteroatoms. The van der Waals surface area contributed by atoms with E-state index in [2.05, 4.69) is 22.3 Å². The van der Waals surface area contributed by atoms with E-state index < -0.39 is 0 Å². The number of ether oxygens (including phenoxy) is 1. The van der Waals surface area contributed by atoms with Gasteiger partial charge in [0.1, 0.15) is 6.10 Å². The highest BCUT2D eigenvalue weighted by Gasteiger charge is 2.31. The minimum Gasteiger partial charge on any atom is -0.370 e. The van der Waals surface area contributed by atoms with Crippen LogP contribution in [-0.4, -0.2) is 61.2 Å². The van der Waals surface area contributed by atoms with Gasteiger partial charge >= 0.3 is 6.03 Å². The van der Waals surface area contributed by atoms with Gasteiger partial charge in [-0.25, -0.2) is 4.79 Å². The molecule has 2 aliphatic heterocycles. The first-order valence-electron chi connectivity index (χ1n) is 9.22. The summed E-state index contributed by atoms with van der Waals surface area (Å²) in [5.41, 5.74) is 1.14. The Balaban J connectivity index is 1.28. The third-order valence-corrected chi connectivity index (χ3v) is 5.34. The van der Waals surface area contributed by atoms with Crippen LogP contribution in [0.25, 0.3) is 0 Å². The highest BCUT2D eigenvalue weighted by atomic mass is 16.5. The maximum atomic E-state index is 12.6. The molecule has 2 saturated heterocycles. The number of morpholine rings is 1. The van der Waals surface area contributed by atoms with E-state index in [1.807, 2.05) is 23.1 Å². The van der Waals surface area contributed by atoms with Gasteiger partial charge < -0.3 is 19.9 Å². The van der Waals surface area contributed by atoms with E-state index in [1.165, 1.54) is 19.4 Å². The zero-order chi connectivity index (χ0) is 16.4. The van der Waals surface area contributed by atoms with Crippen molar-refractivity contribution in [3.05, 3.63) is 35.9 Å². The highest BCUT2D eigenvalue weighted by molar-refractivity contribution is 5.74. The van der Waals surface area contributed by atoms with E-state index in [-0.39, 0.29) is 12.1 Å². The van der Waals surface area contributed by atoms with Crippen molar-refractivity contribution in [2.75, 3.05) is 39.3 Å². The lowest BCUT2D eigenvalue weighted by atomic mass is 10.1. The molecule has 4 rings (SSSR count). The molecule has 2 amide bonds. The topological polar surface area (TPSA) is 44.8 Å². The predicted molar refractivity (Wildman–Crippen MR) is 92.8 cm³/mol. The standard InChI is InChI=1S/C19H27N3O2/c23-19(20-17-8-9-21(13-17)12-15-6-7-15)22-10-11-24-18(14-22)16-4-2-1-3-5-16/h1-5,15,17-18H,6-14H2,(H,20,23). The molecule has 1 aromatic rings. The number of nitrogens with zero attached hydrogens (tertiary/aromatic N) is 2. The van der Waals surface area contributed by atoms with Crippen molar-refractivity contribution in [3.63, 3.8) is 0 Å². The summed E-state index contributed by atoms with van der Waals surface area (Å²) < 4.78 is 5.85. The maximum Gasteiger partial charge on any atom is 0.317 e. The first-order chi connectivity index (χ1) is 11.8. The lowest BCUT2D eigenvalue weighted by molar-refractivity contribution is -0.0157. The van der Waals surface area contributed by atoms with Crippen molar-refractivity contribution in [2.24, 2.45) is 5.92 Å². The van der Waals surface area contributed by atoms with Crippen LogP contribution in [0.1, 0.15) is 30.9 Å². The Morgan fingerprint density at radius 3 is 2.75 bits per heavy atom. The second kappa shape index (κ2) is 7.11. The Labute approximate surface area is 144 Å². The highest BCUT2D eigenvalue weighted by Crippen LogP contribution is 2.30. The summed E-state index contributed by atoms with van der Waals surface area (Å²) in [7, 11) is 0. The molecule has 1 saturated carbocycles. The number of carbonyl (C=O) groups is 1. The minimum absolute atomic E-state index is 0.0133. The molecule has 2 atom stereocenters. The van der Waals surface area contributed by atoms with E-state index in [1.54, 1.807) is 0 Å². The summed E-state index contributed by atoms with van der Waals surface area (Å²) in [4.78, 5) is 17.0. The van der Waals surface area contributed by atoms with Gasteiger partial charge in [0, 0.05) is 32.2 Å². The Morgan fingerprint density at radius 1 is 1.12 bits per heavy atom. The van der Waals surface area contributed by atoms with Crippen LogP contribution >= 0.6 is 0 Å². The van der Waals surface area contributed by atoms with Crippen LogP contribution in [0.15, 0.2) is 30.3 Å². The smallest absolute Gasteiger partial charge is 0.317 e. The van der Waals surface area contributed by atoms with Crippen LogP contribution < -0.4 is 5.32 Å². The van der Waals surface area contributed by atoms with Crippen molar-refractivity contribution < 1.29 is 9.53 Å². The van der Waals surface area contributed by atoms with Gasteiger partial charge in [-0.15, -0.1) is 0 Å². The quantitative estimate of drug-likeness (QED) is 0.921. The lowest BCUT2D eigenvalue weighted by Crippen LogP contribution is -2.50. The Morgan fingerprint density at radius 2 is 1.96 bits per heavy atom. The van der Waals surface area contributed by atoms with Crippen LogP contribution in [0.4, 0.5) is 4.79 Å². The van der Waals surface area contributed by atoms with Crippen LogP contribution in [0.3, 0.4) is 0 Å². The molecule has 2 unspecified atom stereocenters. The van der Waals surface area contributed by atoms with E-state index >= 15 is 0 Å². The minimum atomic E-state index is -0.0133. The molecular weight excluding hydrogens is 302 g/mol. The molecule has 0 bridgehead atoms. The van der Waals surface area contributed by atoms with Gasteiger partial charge in [0.15, 0.2) is 0 Å². The van der Waals surface area contributed by atoms with Crippen LogP contribution in [-0.2, 0) is 4.74 Å². The van der Waals surface area contributed by atoms with Crippen molar-refractivity contribution in [1.82, 2.24) is 15.1 Å². The van der Waals surface area contributed by atoms with Gasteiger partial charge in [-0.3, -0.25) is 0 Å². The van der Waals surface area contributed by atoms with Crippen molar-refractivity contribution >= 4 is 6.03 Å². The van der Waals surface area contributed by atoms with Gasteiger partial charge in [-0.2, -0.15) is 0 Å². The van der Waals surface area contributed by atoms with Gasteiger partial charge in [0.2, 0.25) is 0 Å². The van der Waals surface area contributed by atoms with Crippen molar-refractivity contribution in [1.29, 1.82) is 0 Å². The van der Waals surface area contributed by atoms with E-state index in [4.69, 9.17) is 4.74 Å². The fourth-order valence-corrected chi connectivity index (χ4v) is 3.75. The number of rotatable bonds is 4. The van der Waals surface area contributed by atoms with Gasteiger partial charge in [-0.1, -0.05) is 30.3 Å². The molecular formula is C19H27N3O2. The fourth-order valence-electron chi connectivity index (χ4n) is 3.75. The number of nitrogens with one attached hydrogen (secondary N) is 1. The first kappa shape index (κ1) is 15.9. The lowest BCUT2D eigenvalue weighted by Gasteiger charge is -2.34. The van der Waals surface area contributed by atoms with E-state index in [0.29, 0.717) is 25.7 Å². The van der Waals surface area contributed by atoms with Crippen LogP contribution in [0.5, 0.6) is 0 Å². The molecule has 1 aliphatic carbocycles. The van der Waals surface area contributed by atoms with Gasteiger partial charge in [0.05, 0.1) is 13.2 Å². The SMILES string of the molecule is O=C(NC1CCN(CC2CC2)C1)N1CCOC(c2ccccc2)C1. The summed E-state index contributed by atoms with van der Waals surface area (Å²) in [6, 6.07) is 10.5. The largest absolute Gasteiger partial charge is 0.370 e. The number of benzene rings is 1. The Bertz CT molecular complexity index is 561. The van der Waals surface area contributed by atoms with E-state index in [9.17, 15) is 4.79 Å². The number of amides is 2. The van der Waals surface area contributed by atoms with Crippen LogP contribution in [0, 0.1) is 5.92 Å². The molecule has 1 aromatic carbocycles. The zero-order valence-corrected chi connectivity index (χ0v) is 14.2. The molecule has 0 radical (unpaired) electrons. The molecule has 1 N–H and O–H groups in total. The maximum absolute atomic E-state index is 12.6. The number of carbonyl (C=O) groups excluding carboxylic acids is 1. The zero-order valence-electron chi connectivity index (χ0n) is 14.2. The van der Waals surface area contributed by atoms with E-state index in [0.717, 1.165) is 31.0 Å². The molecule has 0 aromatic heterocycles. The predicted octanol–water partition coefficient (Wildman–Crippen LogP) is 2.25. The number of urea groups is 1. The average molecular weight is 329 g/mol. The Hall–Kier alpha value is -1.59. The van der Waals surface area contributed by atoms with Crippen LogP contribution in [0.2, 0.25) is 0 Å². The molecule has 24 heavy (non-hydrogen) atoms. The third-order valence-electron chi connectivity index (χ3n) is 5.34. The Kier molecular flexibility index (Phi) is 4.72. The molecule has 0 spiro atoms. The average Bonchev–Trinajstić information content (AvgIpc) is 3.34. The fraction of sp³-hybridized carbons (Fsp3) is 0.632. The number of hydrogen-bond acceptors (Lipinski definition) is 3. The molecule has 130 valence electrons. The summed E-state index contributed by atoms with van der Waals surface area (Å²) in [6.45, 7) is 5.26. The summed E-state index contributed by atoms with van der Waals surface area (Å²) in [5.74, 6) is 0.922. The molecule has 5 nitrogen and oxygen atoms in total. The summed E-state index contributed by atoms with van der Waals surface area (Å²) in [6.07, 6.45) is 3.84. The third kappa shape index (κ3) is 3.90. The van der Waals surface area contributed by atoms with Crippen molar-refractivity contribution in [2.45, 2.75) is 31.4 Å². The molecule has 3 aliphatic rings.